The summed E-state index contributed by atoms with van der Waals surface area (Å²) < 4.78 is 40.6. The molecule has 0 aliphatic heterocycles. The Bertz CT molecular complexity index is 800. The average Bonchev–Trinajstić information content (AvgIpc) is 2.47. The van der Waals surface area contributed by atoms with Gasteiger partial charge in [-0.1, -0.05) is 18.2 Å². The fraction of sp³-hybridized carbons (Fsp3) is 0.143. The summed E-state index contributed by atoms with van der Waals surface area (Å²) in [5.74, 6) is -0.501. The predicted octanol–water partition coefficient (Wildman–Crippen LogP) is 2.13. The van der Waals surface area contributed by atoms with Crippen molar-refractivity contribution in [3.63, 3.8) is 0 Å². The molecule has 1 atom stereocenters. The van der Waals surface area contributed by atoms with Crippen molar-refractivity contribution in [1.29, 1.82) is 5.26 Å². The molecule has 0 saturated heterocycles. The van der Waals surface area contributed by atoms with Crippen LogP contribution in [-0.2, 0) is 10.0 Å². The van der Waals surface area contributed by atoms with E-state index in [-0.39, 0.29) is 16.2 Å². The van der Waals surface area contributed by atoms with Crippen LogP contribution < -0.4 is 4.72 Å². The first kappa shape index (κ1) is 15.1. The van der Waals surface area contributed by atoms with Gasteiger partial charge in [-0.05, 0) is 25.1 Å². The summed E-state index contributed by atoms with van der Waals surface area (Å²) >= 11 is 0. The molecule has 1 heterocycles. The predicted molar refractivity (Wildman–Crippen MR) is 74.1 cm³/mol. The molecule has 0 radical (unpaired) electrons. The second-order valence-corrected chi connectivity index (χ2v) is 6.01. The Balaban J connectivity index is 2.34. The lowest BCUT2D eigenvalue weighted by Crippen LogP contribution is -2.28. The largest absolute Gasteiger partial charge is 0.244 e. The molecule has 108 valence electrons. The molecule has 0 spiro atoms. The quantitative estimate of drug-likeness (QED) is 0.938. The summed E-state index contributed by atoms with van der Waals surface area (Å²) in [6, 6.07) is 9.54. The van der Waals surface area contributed by atoms with E-state index in [1.54, 1.807) is 12.1 Å². The SMILES string of the molecule is CC(NS(=O)(=O)c1cccnc1C#N)c1ccccc1F. The van der Waals surface area contributed by atoms with Gasteiger partial charge in [0.15, 0.2) is 5.69 Å². The molecular formula is C14H12FN3O2S. The molecule has 0 amide bonds. The minimum Gasteiger partial charge on any atom is -0.244 e. The molecule has 1 aromatic heterocycles. The Morgan fingerprint density at radius 2 is 2.00 bits per heavy atom. The van der Waals surface area contributed by atoms with Gasteiger partial charge in [-0.25, -0.2) is 22.5 Å². The zero-order chi connectivity index (χ0) is 15.5. The van der Waals surface area contributed by atoms with Crippen molar-refractivity contribution in [2.24, 2.45) is 0 Å². The van der Waals surface area contributed by atoms with Crippen LogP contribution in [0.4, 0.5) is 4.39 Å². The molecule has 0 bridgehead atoms. The van der Waals surface area contributed by atoms with Crippen molar-refractivity contribution in [3.05, 3.63) is 59.7 Å². The summed E-state index contributed by atoms with van der Waals surface area (Å²) in [7, 11) is -3.97. The van der Waals surface area contributed by atoms with E-state index in [2.05, 4.69) is 9.71 Å². The normalized spacial score (nSPS) is 12.6. The van der Waals surface area contributed by atoms with E-state index in [4.69, 9.17) is 5.26 Å². The van der Waals surface area contributed by atoms with Crippen molar-refractivity contribution < 1.29 is 12.8 Å². The molecule has 0 fully saturated rings. The maximum absolute atomic E-state index is 13.7. The number of rotatable bonds is 4. The molecule has 7 heteroatoms. The van der Waals surface area contributed by atoms with Crippen LogP contribution in [0.2, 0.25) is 0 Å². The van der Waals surface area contributed by atoms with Crippen LogP contribution >= 0.6 is 0 Å². The van der Waals surface area contributed by atoms with Crippen molar-refractivity contribution in [2.75, 3.05) is 0 Å². The maximum atomic E-state index is 13.7. The van der Waals surface area contributed by atoms with Crippen LogP contribution in [0.3, 0.4) is 0 Å². The molecule has 1 N–H and O–H groups in total. The standard InChI is InChI=1S/C14H12FN3O2S/c1-10(11-5-2-3-6-12(11)15)18-21(19,20)14-7-4-8-17-13(14)9-16/h2-8,10,18H,1H3. The average molecular weight is 305 g/mol. The van der Waals surface area contributed by atoms with Gasteiger partial charge in [-0.15, -0.1) is 0 Å². The van der Waals surface area contributed by atoms with E-state index in [9.17, 15) is 12.8 Å². The third-order valence-corrected chi connectivity index (χ3v) is 4.44. The number of halogens is 1. The number of nitrogens with one attached hydrogen (secondary N) is 1. The highest BCUT2D eigenvalue weighted by atomic mass is 32.2. The fourth-order valence-corrected chi connectivity index (χ4v) is 3.21. The lowest BCUT2D eigenvalue weighted by Gasteiger charge is -2.15. The smallest absolute Gasteiger partial charge is 0.244 e. The lowest BCUT2D eigenvalue weighted by atomic mass is 10.1. The van der Waals surface area contributed by atoms with Gasteiger partial charge in [-0.2, -0.15) is 5.26 Å². The second kappa shape index (κ2) is 5.99. The van der Waals surface area contributed by atoms with E-state index in [0.29, 0.717) is 0 Å². The lowest BCUT2D eigenvalue weighted by molar-refractivity contribution is 0.549. The number of aromatic nitrogens is 1. The molecule has 0 saturated carbocycles. The summed E-state index contributed by atoms with van der Waals surface area (Å²) in [5, 5.41) is 8.91. The zero-order valence-corrected chi connectivity index (χ0v) is 11.9. The van der Waals surface area contributed by atoms with E-state index in [0.717, 1.165) is 0 Å². The summed E-state index contributed by atoms with van der Waals surface area (Å²) in [4.78, 5) is 3.48. The number of sulfonamides is 1. The number of hydrogen-bond donors (Lipinski definition) is 1. The maximum Gasteiger partial charge on any atom is 0.244 e. The highest BCUT2D eigenvalue weighted by Gasteiger charge is 2.23. The number of benzene rings is 1. The monoisotopic (exact) mass is 305 g/mol. The van der Waals surface area contributed by atoms with Gasteiger partial charge in [0, 0.05) is 17.8 Å². The topological polar surface area (TPSA) is 82.8 Å². The van der Waals surface area contributed by atoms with Crippen LogP contribution in [0.15, 0.2) is 47.5 Å². The number of hydrogen-bond acceptors (Lipinski definition) is 4. The molecule has 2 rings (SSSR count). The number of nitrogens with zero attached hydrogens (tertiary/aromatic N) is 2. The summed E-state index contributed by atoms with van der Waals surface area (Å²) in [6.07, 6.45) is 1.33. The minimum absolute atomic E-state index is 0.203. The van der Waals surface area contributed by atoms with Gasteiger partial charge >= 0.3 is 0 Å². The third kappa shape index (κ3) is 3.24. The first-order valence-corrected chi connectivity index (χ1v) is 7.56. The zero-order valence-electron chi connectivity index (χ0n) is 11.1. The van der Waals surface area contributed by atoms with Crippen molar-refractivity contribution in [1.82, 2.24) is 9.71 Å². The Morgan fingerprint density at radius 3 is 2.67 bits per heavy atom. The van der Waals surface area contributed by atoms with Crippen LogP contribution in [-0.4, -0.2) is 13.4 Å². The van der Waals surface area contributed by atoms with Crippen LogP contribution in [0.1, 0.15) is 24.2 Å². The first-order valence-electron chi connectivity index (χ1n) is 6.07. The minimum atomic E-state index is -3.97. The van der Waals surface area contributed by atoms with Crippen molar-refractivity contribution in [2.45, 2.75) is 17.9 Å². The highest BCUT2D eigenvalue weighted by Crippen LogP contribution is 2.20. The van der Waals surface area contributed by atoms with E-state index in [1.165, 1.54) is 43.5 Å². The molecule has 21 heavy (non-hydrogen) atoms. The fourth-order valence-electron chi connectivity index (χ4n) is 1.88. The van der Waals surface area contributed by atoms with Gasteiger partial charge in [0.25, 0.3) is 0 Å². The molecule has 0 aliphatic rings. The molecule has 1 unspecified atom stereocenters. The van der Waals surface area contributed by atoms with Crippen molar-refractivity contribution in [3.8, 4) is 6.07 Å². The van der Waals surface area contributed by atoms with Gasteiger partial charge in [-0.3, -0.25) is 0 Å². The van der Waals surface area contributed by atoms with Crippen LogP contribution in [0, 0.1) is 17.1 Å². The Kier molecular flexibility index (Phi) is 4.31. The Hall–Kier alpha value is -2.30. The third-order valence-electron chi connectivity index (χ3n) is 2.87. The van der Waals surface area contributed by atoms with Gasteiger partial charge in [0.05, 0.1) is 0 Å². The first-order chi connectivity index (χ1) is 9.95. The van der Waals surface area contributed by atoms with E-state index < -0.39 is 21.9 Å². The molecular weight excluding hydrogens is 293 g/mol. The van der Waals surface area contributed by atoms with E-state index in [1.807, 2.05) is 0 Å². The van der Waals surface area contributed by atoms with Gasteiger partial charge in [0.2, 0.25) is 10.0 Å². The van der Waals surface area contributed by atoms with Gasteiger partial charge < -0.3 is 0 Å². The Labute approximate surface area is 122 Å². The molecule has 0 aliphatic carbocycles. The van der Waals surface area contributed by atoms with Crippen LogP contribution in [0.25, 0.3) is 0 Å². The highest BCUT2D eigenvalue weighted by molar-refractivity contribution is 7.89. The van der Waals surface area contributed by atoms with Crippen LogP contribution in [0.5, 0.6) is 0 Å². The molecule has 5 nitrogen and oxygen atoms in total. The number of nitriles is 1. The van der Waals surface area contributed by atoms with Crippen molar-refractivity contribution >= 4 is 10.0 Å². The molecule has 2 aromatic rings. The molecule has 1 aromatic carbocycles. The van der Waals surface area contributed by atoms with Gasteiger partial charge in [0.1, 0.15) is 16.8 Å². The summed E-state index contributed by atoms with van der Waals surface area (Å²) in [6.45, 7) is 1.53. The van der Waals surface area contributed by atoms with E-state index >= 15 is 0 Å². The summed E-state index contributed by atoms with van der Waals surface area (Å²) in [5.41, 5.74) is 0.0224. The Morgan fingerprint density at radius 1 is 1.29 bits per heavy atom. The second-order valence-electron chi connectivity index (χ2n) is 4.33. The number of pyridine rings is 1.